The van der Waals surface area contributed by atoms with Crippen LogP contribution in [0.3, 0.4) is 0 Å². The Balaban J connectivity index is 0.00000112. The van der Waals surface area contributed by atoms with Crippen LogP contribution in [0, 0.1) is 0 Å². The zero-order chi connectivity index (χ0) is 9.97. The fourth-order valence-electron chi connectivity index (χ4n) is 1.39. The summed E-state index contributed by atoms with van der Waals surface area (Å²) in [5.74, 6) is 0. The average molecular weight is 221 g/mol. The Morgan fingerprint density at radius 1 is 1.20 bits per heavy atom. The molecule has 0 bridgehead atoms. The average Bonchev–Trinajstić information content (AvgIpc) is 2.27. The van der Waals surface area contributed by atoms with E-state index in [1.165, 1.54) is 0 Å². The predicted molar refractivity (Wildman–Crippen MR) is 66.1 cm³/mol. The van der Waals surface area contributed by atoms with E-state index in [1.807, 2.05) is 36.4 Å². The van der Waals surface area contributed by atoms with Crippen LogP contribution in [0.15, 0.2) is 49.1 Å². The van der Waals surface area contributed by atoms with Crippen LogP contribution in [0.5, 0.6) is 0 Å². The number of para-hydroxylation sites is 1. The predicted octanol–water partition coefficient (Wildman–Crippen LogP) is 2.84. The minimum atomic E-state index is -0.181. The Bertz CT molecular complexity index is 468. The number of hydrogen-bond donors (Lipinski definition) is 1. The van der Waals surface area contributed by atoms with Crippen molar-refractivity contribution in [3.8, 4) is 0 Å². The van der Waals surface area contributed by atoms with Gasteiger partial charge in [0, 0.05) is 5.39 Å². The zero-order valence-electron chi connectivity index (χ0n) is 8.26. The first kappa shape index (κ1) is 11.7. The fraction of sp³-hybridized carbons (Fsp3) is 0.0833. The topological polar surface area (TPSA) is 38.9 Å². The first-order valence-corrected chi connectivity index (χ1v) is 4.55. The number of rotatable bonds is 2. The molecule has 0 aliphatic heterocycles. The molecular formula is C12H13ClN2. The number of nitrogens with two attached hydrogens (primary N) is 1. The highest BCUT2D eigenvalue weighted by atomic mass is 35.5. The van der Waals surface area contributed by atoms with Crippen molar-refractivity contribution in [1.29, 1.82) is 0 Å². The lowest BCUT2D eigenvalue weighted by molar-refractivity contribution is 0.873. The molecule has 0 saturated carbocycles. The summed E-state index contributed by atoms with van der Waals surface area (Å²) in [4.78, 5) is 4.45. The maximum Gasteiger partial charge on any atom is 0.0706 e. The lowest BCUT2D eigenvalue weighted by Crippen LogP contribution is -2.08. The largest absolute Gasteiger partial charge is 0.319 e. The molecular weight excluding hydrogens is 208 g/mol. The van der Waals surface area contributed by atoms with E-state index in [4.69, 9.17) is 5.73 Å². The molecule has 0 amide bonds. The normalized spacial score (nSPS) is 11.8. The van der Waals surface area contributed by atoms with E-state index in [0.29, 0.717) is 0 Å². The first-order valence-electron chi connectivity index (χ1n) is 4.55. The quantitative estimate of drug-likeness (QED) is 0.791. The molecule has 0 unspecified atom stereocenters. The summed E-state index contributed by atoms with van der Waals surface area (Å²) in [6.07, 6.45) is 1.69. The van der Waals surface area contributed by atoms with Crippen LogP contribution in [0.2, 0.25) is 0 Å². The Hall–Kier alpha value is -1.38. The van der Waals surface area contributed by atoms with Crippen molar-refractivity contribution >= 4 is 23.3 Å². The molecule has 2 nitrogen and oxygen atoms in total. The Kier molecular flexibility index (Phi) is 3.83. The van der Waals surface area contributed by atoms with Gasteiger partial charge in [0.15, 0.2) is 0 Å². The first-order chi connectivity index (χ1) is 6.81. The SMILES string of the molecule is C=C[C@H](N)c1ccc2ccccc2n1.Cl. The molecule has 0 fully saturated rings. The number of aromatic nitrogens is 1. The second kappa shape index (κ2) is 4.91. The smallest absolute Gasteiger partial charge is 0.0706 e. The van der Waals surface area contributed by atoms with Crippen LogP contribution in [-0.4, -0.2) is 4.98 Å². The monoisotopic (exact) mass is 220 g/mol. The highest BCUT2D eigenvalue weighted by Gasteiger charge is 2.02. The van der Waals surface area contributed by atoms with E-state index in [9.17, 15) is 0 Å². The summed E-state index contributed by atoms with van der Waals surface area (Å²) in [6, 6.07) is 11.8. The molecule has 0 spiro atoms. The van der Waals surface area contributed by atoms with Crippen molar-refractivity contribution in [2.75, 3.05) is 0 Å². The molecule has 1 atom stereocenters. The van der Waals surface area contributed by atoms with E-state index < -0.39 is 0 Å². The second-order valence-corrected chi connectivity index (χ2v) is 3.19. The Morgan fingerprint density at radius 3 is 2.67 bits per heavy atom. The van der Waals surface area contributed by atoms with Crippen LogP contribution < -0.4 is 5.73 Å². The number of nitrogens with zero attached hydrogens (tertiary/aromatic N) is 1. The molecule has 2 rings (SSSR count). The van der Waals surface area contributed by atoms with E-state index in [1.54, 1.807) is 6.08 Å². The summed E-state index contributed by atoms with van der Waals surface area (Å²) >= 11 is 0. The third-order valence-electron chi connectivity index (χ3n) is 2.22. The van der Waals surface area contributed by atoms with Gasteiger partial charge < -0.3 is 5.73 Å². The van der Waals surface area contributed by atoms with Gasteiger partial charge in [-0.1, -0.05) is 30.3 Å². The van der Waals surface area contributed by atoms with Gasteiger partial charge in [-0.25, -0.2) is 0 Å². The van der Waals surface area contributed by atoms with Gasteiger partial charge in [0.1, 0.15) is 0 Å². The molecule has 3 heteroatoms. The van der Waals surface area contributed by atoms with Crippen LogP contribution in [0.1, 0.15) is 11.7 Å². The van der Waals surface area contributed by atoms with Crippen LogP contribution >= 0.6 is 12.4 Å². The number of fused-ring (bicyclic) bond motifs is 1. The van der Waals surface area contributed by atoms with Crippen LogP contribution in [-0.2, 0) is 0 Å². The van der Waals surface area contributed by atoms with Crippen molar-refractivity contribution in [3.63, 3.8) is 0 Å². The highest BCUT2D eigenvalue weighted by molar-refractivity contribution is 5.85. The summed E-state index contributed by atoms with van der Waals surface area (Å²) in [5, 5.41) is 1.13. The van der Waals surface area contributed by atoms with E-state index in [0.717, 1.165) is 16.6 Å². The van der Waals surface area contributed by atoms with Crippen molar-refractivity contribution in [3.05, 3.63) is 54.7 Å². The van der Waals surface area contributed by atoms with Gasteiger partial charge in [-0.3, -0.25) is 4.98 Å². The highest BCUT2D eigenvalue weighted by Crippen LogP contribution is 2.15. The molecule has 1 aromatic carbocycles. The van der Waals surface area contributed by atoms with Crippen molar-refractivity contribution in [2.24, 2.45) is 5.73 Å². The Labute approximate surface area is 95.2 Å². The van der Waals surface area contributed by atoms with Gasteiger partial charge in [-0.05, 0) is 12.1 Å². The third-order valence-corrected chi connectivity index (χ3v) is 2.22. The van der Waals surface area contributed by atoms with Gasteiger partial charge in [0.05, 0.1) is 17.3 Å². The molecule has 0 saturated heterocycles. The fourth-order valence-corrected chi connectivity index (χ4v) is 1.39. The third kappa shape index (κ3) is 2.35. The Morgan fingerprint density at radius 2 is 1.93 bits per heavy atom. The van der Waals surface area contributed by atoms with E-state index in [-0.39, 0.29) is 18.4 Å². The summed E-state index contributed by atoms with van der Waals surface area (Å²) in [5.41, 5.74) is 7.64. The number of benzene rings is 1. The van der Waals surface area contributed by atoms with Crippen LogP contribution in [0.25, 0.3) is 10.9 Å². The maximum absolute atomic E-state index is 5.80. The lowest BCUT2D eigenvalue weighted by Gasteiger charge is -2.06. The molecule has 15 heavy (non-hydrogen) atoms. The zero-order valence-corrected chi connectivity index (χ0v) is 9.08. The lowest BCUT2D eigenvalue weighted by atomic mass is 10.1. The summed E-state index contributed by atoms with van der Waals surface area (Å²) in [7, 11) is 0. The maximum atomic E-state index is 5.80. The molecule has 78 valence electrons. The number of halogens is 1. The molecule has 2 aromatic rings. The van der Waals surface area contributed by atoms with Crippen LogP contribution in [0.4, 0.5) is 0 Å². The van der Waals surface area contributed by atoms with Crippen molar-refractivity contribution < 1.29 is 0 Å². The van der Waals surface area contributed by atoms with Gasteiger partial charge in [-0.2, -0.15) is 0 Å². The van der Waals surface area contributed by atoms with Crippen molar-refractivity contribution in [1.82, 2.24) is 4.98 Å². The van der Waals surface area contributed by atoms with Gasteiger partial charge in [-0.15, -0.1) is 19.0 Å². The molecule has 0 aliphatic carbocycles. The van der Waals surface area contributed by atoms with E-state index in [2.05, 4.69) is 11.6 Å². The minimum absolute atomic E-state index is 0. The van der Waals surface area contributed by atoms with Gasteiger partial charge in [0.2, 0.25) is 0 Å². The number of hydrogen-bond acceptors (Lipinski definition) is 2. The number of pyridine rings is 1. The standard InChI is InChI=1S/C12H12N2.ClH/c1-2-10(13)12-8-7-9-5-3-4-6-11(9)14-12;/h2-8,10H,1,13H2;1H/t10-;/m0./s1. The molecule has 0 aliphatic rings. The summed E-state index contributed by atoms with van der Waals surface area (Å²) < 4.78 is 0. The molecule has 2 N–H and O–H groups in total. The minimum Gasteiger partial charge on any atom is -0.319 e. The van der Waals surface area contributed by atoms with E-state index >= 15 is 0 Å². The summed E-state index contributed by atoms with van der Waals surface area (Å²) in [6.45, 7) is 3.65. The molecule has 0 radical (unpaired) electrons. The van der Waals surface area contributed by atoms with Gasteiger partial charge >= 0.3 is 0 Å². The molecule has 1 heterocycles. The van der Waals surface area contributed by atoms with Crippen molar-refractivity contribution in [2.45, 2.75) is 6.04 Å². The molecule has 1 aromatic heterocycles. The van der Waals surface area contributed by atoms with Gasteiger partial charge in [0.25, 0.3) is 0 Å². The second-order valence-electron chi connectivity index (χ2n) is 3.19.